The smallest absolute Gasteiger partial charge is 0.262 e. The predicted molar refractivity (Wildman–Crippen MR) is 99.9 cm³/mol. The van der Waals surface area contributed by atoms with Crippen LogP contribution in [0.25, 0.3) is 11.3 Å². The Morgan fingerprint density at radius 3 is 2.62 bits per heavy atom. The number of aromatic nitrogens is 1. The molecule has 0 aliphatic carbocycles. The lowest BCUT2D eigenvalue weighted by molar-refractivity contribution is 0.415. The van der Waals surface area contributed by atoms with Gasteiger partial charge in [-0.1, -0.05) is 30.3 Å². The third-order valence-corrected chi connectivity index (χ3v) is 5.44. The molecular weight excluding hydrogens is 352 g/mol. The van der Waals surface area contributed by atoms with Crippen molar-refractivity contribution in [2.24, 2.45) is 0 Å². The highest BCUT2D eigenvalue weighted by Crippen LogP contribution is 2.28. The van der Waals surface area contributed by atoms with E-state index in [4.69, 9.17) is 9.26 Å². The first-order valence-electron chi connectivity index (χ1n) is 8.16. The van der Waals surface area contributed by atoms with Gasteiger partial charge in [0.05, 0.1) is 23.4 Å². The molecule has 136 valence electrons. The van der Waals surface area contributed by atoms with Crippen molar-refractivity contribution in [3.63, 3.8) is 0 Å². The van der Waals surface area contributed by atoms with Crippen LogP contribution in [0.5, 0.6) is 5.75 Å². The van der Waals surface area contributed by atoms with Gasteiger partial charge in [-0.2, -0.15) is 0 Å². The van der Waals surface area contributed by atoms with Crippen LogP contribution in [0, 0.1) is 6.92 Å². The number of benzene rings is 2. The van der Waals surface area contributed by atoms with Crippen molar-refractivity contribution in [3.05, 3.63) is 59.8 Å². The average molecular weight is 372 g/mol. The molecule has 26 heavy (non-hydrogen) atoms. The van der Waals surface area contributed by atoms with Crippen LogP contribution in [-0.2, 0) is 16.4 Å². The number of rotatable bonds is 6. The van der Waals surface area contributed by atoms with Crippen LogP contribution in [0.3, 0.4) is 0 Å². The quantitative estimate of drug-likeness (QED) is 0.707. The van der Waals surface area contributed by atoms with E-state index in [9.17, 15) is 8.42 Å². The van der Waals surface area contributed by atoms with Crippen molar-refractivity contribution < 1.29 is 17.7 Å². The summed E-state index contributed by atoms with van der Waals surface area (Å²) in [5, 5.41) is 3.86. The molecule has 0 atom stereocenters. The highest BCUT2D eigenvalue weighted by Gasteiger charge is 2.20. The van der Waals surface area contributed by atoms with E-state index in [2.05, 4.69) is 9.88 Å². The number of hydrogen-bond acceptors (Lipinski definition) is 5. The lowest BCUT2D eigenvalue weighted by Gasteiger charge is -2.13. The van der Waals surface area contributed by atoms with Gasteiger partial charge in [0.1, 0.15) is 5.75 Å². The summed E-state index contributed by atoms with van der Waals surface area (Å²) in [7, 11) is -2.24. The molecule has 0 aliphatic heterocycles. The summed E-state index contributed by atoms with van der Waals surface area (Å²) in [6.07, 6.45) is 0.587. The number of nitrogens with zero attached hydrogens (tertiary/aromatic N) is 1. The fourth-order valence-corrected chi connectivity index (χ4v) is 4.03. The maximum atomic E-state index is 13.0. The zero-order valence-electron chi connectivity index (χ0n) is 14.8. The monoisotopic (exact) mass is 372 g/mol. The van der Waals surface area contributed by atoms with E-state index < -0.39 is 10.0 Å². The van der Waals surface area contributed by atoms with Gasteiger partial charge in [0.2, 0.25) is 0 Å². The van der Waals surface area contributed by atoms with Crippen molar-refractivity contribution in [1.29, 1.82) is 0 Å². The van der Waals surface area contributed by atoms with E-state index in [1.807, 2.05) is 19.9 Å². The number of ether oxygens (including phenoxy) is 1. The average Bonchev–Trinajstić information content (AvgIpc) is 3.07. The third kappa shape index (κ3) is 3.72. The molecule has 0 bridgehead atoms. The molecule has 0 spiro atoms. The van der Waals surface area contributed by atoms with E-state index in [1.165, 1.54) is 7.11 Å². The van der Waals surface area contributed by atoms with Gasteiger partial charge in [-0.25, -0.2) is 8.42 Å². The van der Waals surface area contributed by atoms with E-state index in [1.54, 1.807) is 42.5 Å². The minimum Gasteiger partial charge on any atom is -0.497 e. The van der Waals surface area contributed by atoms with Crippen LogP contribution >= 0.6 is 0 Å². The largest absolute Gasteiger partial charge is 0.497 e. The number of anilines is 1. The fraction of sp³-hybridized carbons (Fsp3) is 0.211. The van der Waals surface area contributed by atoms with Crippen LogP contribution in [0.4, 0.5) is 5.69 Å². The molecule has 0 aliphatic rings. The normalized spacial score (nSPS) is 11.3. The second-order valence-electron chi connectivity index (χ2n) is 5.85. The molecule has 0 saturated carbocycles. The molecule has 3 aromatic rings. The molecule has 0 fully saturated rings. The zero-order chi connectivity index (χ0) is 18.7. The minimum atomic E-state index is -3.77. The molecule has 7 heteroatoms. The maximum Gasteiger partial charge on any atom is 0.262 e. The molecule has 1 N–H and O–H groups in total. The summed E-state index contributed by atoms with van der Waals surface area (Å²) in [4.78, 5) is 0.217. The van der Waals surface area contributed by atoms with Gasteiger partial charge in [-0.15, -0.1) is 0 Å². The van der Waals surface area contributed by atoms with Crippen LogP contribution in [0.15, 0.2) is 57.9 Å². The van der Waals surface area contributed by atoms with Gasteiger partial charge in [0.15, 0.2) is 5.76 Å². The number of aryl methyl sites for hydroxylation is 2. The van der Waals surface area contributed by atoms with E-state index in [-0.39, 0.29) is 4.90 Å². The zero-order valence-corrected chi connectivity index (χ0v) is 15.6. The lowest BCUT2D eigenvalue weighted by Crippen LogP contribution is -2.15. The molecule has 3 rings (SSSR count). The van der Waals surface area contributed by atoms with Gasteiger partial charge in [0, 0.05) is 17.7 Å². The van der Waals surface area contributed by atoms with Gasteiger partial charge in [0.25, 0.3) is 10.0 Å². The Bertz CT molecular complexity index is 1030. The summed E-state index contributed by atoms with van der Waals surface area (Å²) in [5.74, 6) is 1.11. The molecular formula is C19H20N2O4S. The first-order chi connectivity index (χ1) is 12.4. The minimum absolute atomic E-state index is 0.217. The van der Waals surface area contributed by atoms with Crippen molar-refractivity contribution in [2.45, 2.75) is 25.2 Å². The van der Waals surface area contributed by atoms with Gasteiger partial charge in [-0.3, -0.25) is 4.72 Å². The second kappa shape index (κ2) is 7.21. The van der Waals surface area contributed by atoms with Crippen LogP contribution < -0.4 is 9.46 Å². The SMILES string of the molecule is CCc1ccc(-c2cc(C)no2)cc1S(=O)(=O)Nc1cccc(OC)c1. The number of methoxy groups -OCH3 is 1. The topological polar surface area (TPSA) is 81.4 Å². The number of hydrogen-bond donors (Lipinski definition) is 1. The summed E-state index contributed by atoms with van der Waals surface area (Å²) in [6.45, 7) is 3.73. The van der Waals surface area contributed by atoms with E-state index in [0.717, 1.165) is 11.3 Å². The lowest BCUT2D eigenvalue weighted by atomic mass is 10.1. The third-order valence-electron chi connectivity index (χ3n) is 3.97. The van der Waals surface area contributed by atoms with Crippen LogP contribution in [0.2, 0.25) is 0 Å². The molecule has 0 amide bonds. The molecule has 6 nitrogen and oxygen atoms in total. The number of sulfonamides is 1. The molecule has 0 radical (unpaired) electrons. The van der Waals surface area contributed by atoms with Crippen molar-refractivity contribution in [2.75, 3.05) is 11.8 Å². The highest BCUT2D eigenvalue weighted by atomic mass is 32.2. The Morgan fingerprint density at radius 2 is 1.96 bits per heavy atom. The Balaban J connectivity index is 2.02. The summed E-state index contributed by atoms with van der Waals surface area (Å²) < 4.78 is 39.0. The summed E-state index contributed by atoms with van der Waals surface area (Å²) in [6, 6.07) is 13.8. The predicted octanol–water partition coefficient (Wildman–Crippen LogP) is 4.02. The van der Waals surface area contributed by atoms with E-state index in [0.29, 0.717) is 29.2 Å². The van der Waals surface area contributed by atoms with Crippen molar-refractivity contribution in [1.82, 2.24) is 5.16 Å². The molecule has 0 unspecified atom stereocenters. The highest BCUT2D eigenvalue weighted by molar-refractivity contribution is 7.92. The standard InChI is InChI=1S/C19H20N2O4S/c1-4-14-8-9-15(18-10-13(2)20-25-18)11-19(14)26(22,23)21-16-6-5-7-17(12-16)24-3/h5-12,21H,4H2,1-3H3. The Labute approximate surface area is 152 Å². The first-order valence-corrected chi connectivity index (χ1v) is 9.64. The van der Waals surface area contributed by atoms with Crippen molar-refractivity contribution >= 4 is 15.7 Å². The molecule has 2 aromatic carbocycles. The second-order valence-corrected chi connectivity index (χ2v) is 7.50. The van der Waals surface area contributed by atoms with Gasteiger partial charge < -0.3 is 9.26 Å². The Kier molecular flexibility index (Phi) is 4.99. The van der Waals surface area contributed by atoms with Crippen LogP contribution in [-0.4, -0.2) is 20.7 Å². The van der Waals surface area contributed by atoms with Gasteiger partial charge in [-0.05, 0) is 37.1 Å². The molecule has 0 saturated heterocycles. The summed E-state index contributed by atoms with van der Waals surface area (Å²) >= 11 is 0. The van der Waals surface area contributed by atoms with Gasteiger partial charge >= 0.3 is 0 Å². The van der Waals surface area contributed by atoms with Crippen LogP contribution in [0.1, 0.15) is 18.2 Å². The Hall–Kier alpha value is -2.80. The number of nitrogens with one attached hydrogen (secondary N) is 1. The summed E-state index contributed by atoms with van der Waals surface area (Å²) in [5.41, 5.74) is 2.56. The van der Waals surface area contributed by atoms with Crippen molar-refractivity contribution in [3.8, 4) is 17.1 Å². The van der Waals surface area contributed by atoms with E-state index >= 15 is 0 Å². The first kappa shape index (κ1) is 18.0. The molecule has 1 aromatic heterocycles. The fourth-order valence-electron chi connectivity index (χ4n) is 2.65. The Morgan fingerprint density at radius 1 is 1.15 bits per heavy atom. The maximum absolute atomic E-state index is 13.0. The molecule has 1 heterocycles.